The topological polar surface area (TPSA) is 144 Å². The van der Waals surface area contributed by atoms with E-state index in [-0.39, 0.29) is 50.0 Å². The Morgan fingerprint density at radius 1 is 0.933 bits per heavy atom. The Morgan fingerprint density at radius 3 is 2.00 bits per heavy atom. The van der Waals surface area contributed by atoms with Gasteiger partial charge in [-0.25, -0.2) is 8.42 Å². The van der Waals surface area contributed by atoms with Crippen LogP contribution in [0, 0.1) is 10.1 Å². The van der Waals surface area contributed by atoms with E-state index in [1.165, 1.54) is 0 Å². The van der Waals surface area contributed by atoms with Crippen molar-refractivity contribution in [2.45, 2.75) is 11.0 Å². The van der Waals surface area contributed by atoms with E-state index in [4.69, 9.17) is 10.2 Å². The standard InChI is InChI=1S/C19H25N3O7S/c23-12-10-20(11-13-24)14-18(25)15-21(16-4-2-1-3-5-16)30(28,29)19-8-6-17(7-9-19)22(26)27/h1-9,18,23-25H,10-15H2/t18-/m1/s1. The van der Waals surface area contributed by atoms with Crippen molar-refractivity contribution in [2.75, 3.05) is 43.7 Å². The minimum atomic E-state index is -4.12. The second-order valence-corrected chi connectivity index (χ2v) is 8.39. The highest BCUT2D eigenvalue weighted by molar-refractivity contribution is 7.92. The molecule has 0 heterocycles. The third-order valence-electron chi connectivity index (χ3n) is 4.36. The molecule has 2 rings (SSSR count). The summed E-state index contributed by atoms with van der Waals surface area (Å²) in [4.78, 5) is 11.7. The number of benzene rings is 2. The Labute approximate surface area is 174 Å². The molecular formula is C19H25N3O7S. The van der Waals surface area contributed by atoms with Crippen LogP contribution in [0.1, 0.15) is 0 Å². The van der Waals surface area contributed by atoms with Crippen LogP contribution in [0.25, 0.3) is 0 Å². The number of nitrogens with zero attached hydrogens (tertiary/aromatic N) is 3. The number of rotatable bonds is 12. The predicted molar refractivity (Wildman–Crippen MR) is 111 cm³/mol. The molecule has 1 atom stereocenters. The molecule has 11 heteroatoms. The molecule has 0 aliphatic rings. The maximum atomic E-state index is 13.2. The van der Waals surface area contributed by atoms with Gasteiger partial charge in [0.25, 0.3) is 15.7 Å². The van der Waals surface area contributed by atoms with Gasteiger partial charge in [0.2, 0.25) is 0 Å². The highest BCUT2D eigenvalue weighted by Gasteiger charge is 2.28. The Bertz CT molecular complexity index is 901. The van der Waals surface area contributed by atoms with E-state index < -0.39 is 21.1 Å². The summed E-state index contributed by atoms with van der Waals surface area (Å²) in [5.74, 6) is 0. The van der Waals surface area contributed by atoms with E-state index >= 15 is 0 Å². The number of para-hydroxylation sites is 1. The number of aliphatic hydroxyl groups excluding tert-OH is 3. The number of nitro groups is 1. The lowest BCUT2D eigenvalue weighted by Crippen LogP contribution is -2.44. The lowest BCUT2D eigenvalue weighted by Gasteiger charge is -2.29. The van der Waals surface area contributed by atoms with E-state index in [1.807, 2.05) is 0 Å². The zero-order valence-corrected chi connectivity index (χ0v) is 17.1. The van der Waals surface area contributed by atoms with Crippen molar-refractivity contribution < 1.29 is 28.7 Å². The van der Waals surface area contributed by atoms with Gasteiger partial charge in [-0.05, 0) is 24.3 Å². The molecule has 2 aromatic carbocycles. The molecule has 0 radical (unpaired) electrons. The normalized spacial score (nSPS) is 12.7. The van der Waals surface area contributed by atoms with Gasteiger partial charge in [0.05, 0.1) is 41.4 Å². The second-order valence-electron chi connectivity index (χ2n) is 6.52. The summed E-state index contributed by atoms with van der Waals surface area (Å²) in [7, 11) is -4.12. The van der Waals surface area contributed by atoms with Crippen molar-refractivity contribution in [1.82, 2.24) is 4.90 Å². The van der Waals surface area contributed by atoms with Gasteiger partial charge in [-0.15, -0.1) is 0 Å². The molecule has 0 bridgehead atoms. The van der Waals surface area contributed by atoms with Crippen molar-refractivity contribution in [1.29, 1.82) is 0 Å². The third kappa shape index (κ3) is 6.21. The van der Waals surface area contributed by atoms with Crippen LogP contribution in [0.2, 0.25) is 0 Å². The van der Waals surface area contributed by atoms with Crippen LogP contribution in [0.4, 0.5) is 11.4 Å². The first-order chi connectivity index (χ1) is 14.3. The molecule has 0 saturated carbocycles. The molecule has 10 nitrogen and oxygen atoms in total. The summed E-state index contributed by atoms with van der Waals surface area (Å²) < 4.78 is 27.5. The SMILES string of the molecule is O=[N+]([O-])c1ccc(S(=O)(=O)N(C[C@H](O)CN(CCO)CCO)c2ccccc2)cc1. The maximum Gasteiger partial charge on any atom is 0.269 e. The monoisotopic (exact) mass is 439 g/mol. The highest BCUT2D eigenvalue weighted by Crippen LogP contribution is 2.25. The molecule has 3 N–H and O–H groups in total. The zero-order valence-electron chi connectivity index (χ0n) is 16.2. The maximum absolute atomic E-state index is 13.2. The Balaban J connectivity index is 2.32. The molecule has 0 spiro atoms. The molecule has 0 saturated heterocycles. The number of hydrogen-bond acceptors (Lipinski definition) is 8. The number of non-ortho nitro benzene ring substituents is 1. The fourth-order valence-electron chi connectivity index (χ4n) is 2.93. The quantitative estimate of drug-likeness (QED) is 0.319. The minimum absolute atomic E-state index is 0.0419. The number of anilines is 1. The molecule has 0 aliphatic carbocycles. The van der Waals surface area contributed by atoms with Crippen LogP contribution < -0.4 is 4.31 Å². The average molecular weight is 439 g/mol. The van der Waals surface area contributed by atoms with Gasteiger partial charge < -0.3 is 15.3 Å². The summed E-state index contributed by atoms with van der Waals surface area (Å²) in [6, 6.07) is 12.7. The van der Waals surface area contributed by atoms with E-state index in [9.17, 15) is 23.6 Å². The summed E-state index contributed by atoms with van der Waals surface area (Å²) in [5, 5.41) is 39.6. The van der Waals surface area contributed by atoms with E-state index in [0.717, 1.165) is 28.6 Å². The van der Waals surface area contributed by atoms with Crippen LogP contribution in [0.3, 0.4) is 0 Å². The molecule has 30 heavy (non-hydrogen) atoms. The van der Waals surface area contributed by atoms with Crippen LogP contribution in [-0.4, -0.2) is 79.1 Å². The smallest absolute Gasteiger partial charge is 0.269 e. The summed E-state index contributed by atoms with van der Waals surface area (Å²) in [6.45, 7) is -0.139. The molecule has 0 aromatic heterocycles. The molecule has 0 aliphatic heterocycles. The van der Waals surface area contributed by atoms with Gasteiger partial charge in [-0.1, -0.05) is 18.2 Å². The first-order valence-electron chi connectivity index (χ1n) is 9.24. The van der Waals surface area contributed by atoms with Gasteiger partial charge in [-0.3, -0.25) is 19.3 Å². The van der Waals surface area contributed by atoms with Crippen molar-refractivity contribution in [2.24, 2.45) is 0 Å². The van der Waals surface area contributed by atoms with Gasteiger partial charge in [0.1, 0.15) is 0 Å². The molecule has 164 valence electrons. The predicted octanol–water partition coefficient (Wildman–Crippen LogP) is 0.438. The van der Waals surface area contributed by atoms with Crippen LogP contribution in [-0.2, 0) is 10.0 Å². The number of sulfonamides is 1. The Hall–Kier alpha value is -2.57. The second kappa shape index (κ2) is 11.0. The molecule has 0 unspecified atom stereocenters. The fraction of sp³-hybridized carbons (Fsp3) is 0.368. The Morgan fingerprint density at radius 2 is 1.50 bits per heavy atom. The highest BCUT2D eigenvalue weighted by atomic mass is 32.2. The molecule has 0 amide bonds. The first-order valence-corrected chi connectivity index (χ1v) is 10.7. The van der Waals surface area contributed by atoms with Crippen LogP contribution >= 0.6 is 0 Å². The van der Waals surface area contributed by atoms with Crippen molar-refractivity contribution >= 4 is 21.4 Å². The lowest BCUT2D eigenvalue weighted by molar-refractivity contribution is -0.384. The Kier molecular flexibility index (Phi) is 8.69. The van der Waals surface area contributed by atoms with E-state index in [1.54, 1.807) is 35.2 Å². The number of hydrogen-bond donors (Lipinski definition) is 3. The van der Waals surface area contributed by atoms with Gasteiger partial charge in [0.15, 0.2) is 0 Å². The van der Waals surface area contributed by atoms with E-state index in [0.29, 0.717) is 5.69 Å². The fourth-order valence-corrected chi connectivity index (χ4v) is 4.43. The molecule has 0 fully saturated rings. The van der Waals surface area contributed by atoms with Crippen molar-refractivity contribution in [3.63, 3.8) is 0 Å². The summed E-state index contributed by atoms with van der Waals surface area (Å²) in [5.41, 5.74) is 0.0923. The molecular weight excluding hydrogens is 414 g/mol. The van der Waals surface area contributed by atoms with Crippen LogP contribution in [0.15, 0.2) is 59.5 Å². The summed E-state index contributed by atoms with van der Waals surface area (Å²) >= 11 is 0. The molecule has 2 aromatic rings. The third-order valence-corrected chi connectivity index (χ3v) is 6.17. The van der Waals surface area contributed by atoms with E-state index in [2.05, 4.69) is 0 Å². The van der Waals surface area contributed by atoms with Gasteiger partial charge >= 0.3 is 0 Å². The van der Waals surface area contributed by atoms with Crippen molar-refractivity contribution in [3.05, 3.63) is 64.7 Å². The number of aliphatic hydroxyl groups is 3. The van der Waals surface area contributed by atoms with Gasteiger partial charge in [-0.2, -0.15) is 0 Å². The van der Waals surface area contributed by atoms with Crippen LogP contribution in [0.5, 0.6) is 0 Å². The largest absolute Gasteiger partial charge is 0.395 e. The first kappa shape index (κ1) is 23.7. The zero-order chi connectivity index (χ0) is 22.1. The average Bonchev–Trinajstić information content (AvgIpc) is 2.73. The summed E-state index contributed by atoms with van der Waals surface area (Å²) in [6.07, 6.45) is -1.11. The minimum Gasteiger partial charge on any atom is -0.395 e. The lowest BCUT2D eigenvalue weighted by atomic mass is 10.2. The van der Waals surface area contributed by atoms with Gasteiger partial charge in [0, 0.05) is 31.8 Å². The van der Waals surface area contributed by atoms with Crippen molar-refractivity contribution in [3.8, 4) is 0 Å². The number of nitro benzene ring substituents is 1.